The Bertz CT molecular complexity index is 566. The highest BCUT2D eigenvalue weighted by atomic mass is 35.6. The van der Waals surface area contributed by atoms with Crippen LogP contribution in [0.25, 0.3) is 0 Å². The van der Waals surface area contributed by atoms with Crippen LogP contribution in [0.4, 0.5) is 5.69 Å². The van der Waals surface area contributed by atoms with Crippen LogP contribution in [0.1, 0.15) is 0 Å². The van der Waals surface area contributed by atoms with Crippen molar-refractivity contribution >= 4 is 46.4 Å². The summed E-state index contributed by atoms with van der Waals surface area (Å²) in [6.45, 7) is 0. The van der Waals surface area contributed by atoms with Crippen molar-refractivity contribution in [2.75, 3.05) is 19.2 Å². The minimum Gasteiger partial charge on any atom is -0.497 e. The number of fused-ring (bicyclic) bond motifs is 1. The van der Waals surface area contributed by atoms with Gasteiger partial charge in [-0.1, -0.05) is 34.8 Å². The van der Waals surface area contributed by atoms with Crippen LogP contribution in [-0.2, 0) is 9.63 Å². The van der Waals surface area contributed by atoms with Crippen molar-refractivity contribution in [2.45, 2.75) is 16.3 Å². The number of amides is 1. The summed E-state index contributed by atoms with van der Waals surface area (Å²) >= 11 is 17.3. The number of nitrogens with one attached hydrogen (secondary N) is 1. The van der Waals surface area contributed by atoms with E-state index < -0.39 is 22.2 Å². The third-order valence-corrected chi connectivity index (χ3v) is 3.40. The van der Waals surface area contributed by atoms with Gasteiger partial charge in [-0.25, -0.2) is 4.84 Å². The molecule has 10 heteroatoms. The minimum atomic E-state index is -1.84. The number of halogens is 3. The standard InChI is InChI=1S/C12H13Cl3N2O5/c1-16-11(12(13,14)15)22-17-7-4-3-6(20-2)5-8(7)21-10(19)9(17)18/h3-5,10-11,16,19H,1-2H3/t10-,11-/m1/s1. The Balaban J connectivity index is 2.36. The zero-order valence-electron chi connectivity index (χ0n) is 11.5. The number of carbonyl (C=O) groups is 1. The molecule has 0 radical (unpaired) electrons. The predicted octanol–water partition coefficient (Wildman–Crippen LogP) is 1.59. The second-order valence-electron chi connectivity index (χ2n) is 4.25. The molecule has 2 atom stereocenters. The van der Waals surface area contributed by atoms with Crippen LogP contribution in [0.15, 0.2) is 18.2 Å². The lowest BCUT2D eigenvalue weighted by molar-refractivity contribution is -0.154. The maximum atomic E-state index is 12.1. The molecule has 0 spiro atoms. The van der Waals surface area contributed by atoms with Gasteiger partial charge in [0.25, 0.3) is 6.29 Å². The van der Waals surface area contributed by atoms with Gasteiger partial charge in [0.1, 0.15) is 11.4 Å². The van der Waals surface area contributed by atoms with Crippen LogP contribution in [-0.4, -0.2) is 41.5 Å². The molecule has 1 aromatic rings. The molecule has 7 nitrogen and oxygen atoms in total. The summed E-state index contributed by atoms with van der Waals surface area (Å²) in [4.78, 5) is 17.4. The number of rotatable bonds is 4. The number of nitrogens with zero attached hydrogens (tertiary/aromatic N) is 1. The van der Waals surface area contributed by atoms with Crippen LogP contribution in [0.5, 0.6) is 11.5 Å². The summed E-state index contributed by atoms with van der Waals surface area (Å²) in [7, 11) is 2.96. The first-order valence-electron chi connectivity index (χ1n) is 6.05. The molecule has 0 unspecified atom stereocenters. The quantitative estimate of drug-likeness (QED) is 0.618. The molecular formula is C12H13Cl3N2O5. The second-order valence-corrected chi connectivity index (χ2v) is 6.62. The monoisotopic (exact) mass is 370 g/mol. The SMILES string of the molecule is CN[C@H](ON1C(=O)[C@H](O)Oc2cc(OC)ccc21)C(Cl)(Cl)Cl. The second kappa shape index (κ2) is 6.66. The zero-order valence-corrected chi connectivity index (χ0v) is 13.8. The molecule has 0 fully saturated rings. The summed E-state index contributed by atoms with van der Waals surface area (Å²) in [5.74, 6) is -0.190. The van der Waals surface area contributed by atoms with E-state index in [0.29, 0.717) is 5.75 Å². The van der Waals surface area contributed by atoms with Crippen molar-refractivity contribution in [2.24, 2.45) is 0 Å². The Morgan fingerprint density at radius 2 is 2.14 bits per heavy atom. The van der Waals surface area contributed by atoms with Crippen LogP contribution >= 0.6 is 34.8 Å². The van der Waals surface area contributed by atoms with Gasteiger partial charge in [-0.3, -0.25) is 10.1 Å². The molecule has 0 bridgehead atoms. The number of ether oxygens (including phenoxy) is 2. The molecule has 0 saturated carbocycles. The summed E-state index contributed by atoms with van der Waals surface area (Å²) in [5, 5.41) is 13.1. The number of hydroxylamine groups is 1. The Hall–Kier alpha value is -0.960. The first kappa shape index (κ1) is 17.4. The maximum absolute atomic E-state index is 12.1. The highest BCUT2D eigenvalue weighted by Gasteiger charge is 2.41. The van der Waals surface area contributed by atoms with Crippen molar-refractivity contribution in [3.63, 3.8) is 0 Å². The zero-order chi connectivity index (χ0) is 16.5. The van der Waals surface area contributed by atoms with E-state index in [1.165, 1.54) is 26.3 Å². The maximum Gasteiger partial charge on any atom is 0.320 e. The van der Waals surface area contributed by atoms with Gasteiger partial charge >= 0.3 is 5.91 Å². The van der Waals surface area contributed by atoms with Crippen LogP contribution < -0.4 is 19.9 Å². The van der Waals surface area contributed by atoms with E-state index >= 15 is 0 Å². The van der Waals surface area contributed by atoms with Crippen LogP contribution in [0, 0.1) is 0 Å². The highest BCUT2D eigenvalue weighted by molar-refractivity contribution is 6.68. The Morgan fingerprint density at radius 3 is 2.68 bits per heavy atom. The Labute approximate surface area is 141 Å². The molecule has 122 valence electrons. The fourth-order valence-electron chi connectivity index (χ4n) is 1.76. The fourth-order valence-corrected chi connectivity index (χ4v) is 2.21. The number of anilines is 1. The van der Waals surface area contributed by atoms with Crippen molar-refractivity contribution in [1.29, 1.82) is 0 Å². The highest BCUT2D eigenvalue weighted by Crippen LogP contribution is 2.39. The molecule has 0 saturated heterocycles. The van der Waals surface area contributed by atoms with Crippen molar-refractivity contribution in [3.8, 4) is 11.5 Å². The number of alkyl halides is 3. The Morgan fingerprint density at radius 1 is 1.45 bits per heavy atom. The molecule has 1 aromatic carbocycles. The average molecular weight is 372 g/mol. The number of benzene rings is 1. The van der Waals surface area contributed by atoms with Crippen molar-refractivity contribution in [1.82, 2.24) is 5.32 Å². The van der Waals surface area contributed by atoms with E-state index in [-0.39, 0.29) is 11.4 Å². The topological polar surface area (TPSA) is 80.3 Å². The van der Waals surface area contributed by atoms with E-state index in [1.54, 1.807) is 6.07 Å². The molecule has 2 rings (SSSR count). The lowest BCUT2D eigenvalue weighted by Gasteiger charge is -2.35. The van der Waals surface area contributed by atoms with E-state index in [0.717, 1.165) is 5.06 Å². The largest absolute Gasteiger partial charge is 0.497 e. The predicted molar refractivity (Wildman–Crippen MR) is 81.3 cm³/mol. The molecule has 1 amide bonds. The van der Waals surface area contributed by atoms with Gasteiger partial charge in [-0.2, -0.15) is 5.06 Å². The lowest BCUT2D eigenvalue weighted by Crippen LogP contribution is -2.52. The fraction of sp³-hybridized carbons (Fsp3) is 0.417. The van der Waals surface area contributed by atoms with Gasteiger partial charge in [-0.15, -0.1) is 0 Å². The number of methoxy groups -OCH3 is 1. The van der Waals surface area contributed by atoms with E-state index in [1.807, 2.05) is 0 Å². The minimum absolute atomic E-state index is 0.186. The van der Waals surface area contributed by atoms with Crippen LogP contribution in [0.2, 0.25) is 0 Å². The molecule has 0 aromatic heterocycles. The molecule has 22 heavy (non-hydrogen) atoms. The molecular weight excluding hydrogens is 358 g/mol. The number of aliphatic hydroxyl groups is 1. The average Bonchev–Trinajstić information content (AvgIpc) is 2.46. The summed E-state index contributed by atoms with van der Waals surface area (Å²) in [6, 6.07) is 4.60. The summed E-state index contributed by atoms with van der Waals surface area (Å²) < 4.78 is 8.31. The van der Waals surface area contributed by atoms with E-state index in [4.69, 9.17) is 49.1 Å². The summed E-state index contributed by atoms with van der Waals surface area (Å²) in [5.41, 5.74) is 0.241. The van der Waals surface area contributed by atoms with E-state index in [9.17, 15) is 9.90 Å². The molecule has 2 N–H and O–H groups in total. The normalized spacial score (nSPS) is 19.5. The van der Waals surface area contributed by atoms with Gasteiger partial charge < -0.3 is 14.6 Å². The van der Waals surface area contributed by atoms with Gasteiger partial charge in [-0.05, 0) is 19.2 Å². The van der Waals surface area contributed by atoms with Crippen LogP contribution in [0.3, 0.4) is 0 Å². The number of hydrogen-bond donors (Lipinski definition) is 2. The third-order valence-electron chi connectivity index (χ3n) is 2.81. The number of carbonyl (C=O) groups excluding carboxylic acids is 1. The van der Waals surface area contributed by atoms with Gasteiger partial charge in [0, 0.05) is 6.07 Å². The molecule has 1 aliphatic rings. The van der Waals surface area contributed by atoms with Gasteiger partial charge in [0.05, 0.1) is 7.11 Å². The first-order chi connectivity index (χ1) is 10.3. The van der Waals surface area contributed by atoms with Gasteiger partial charge in [0.15, 0.2) is 12.0 Å². The number of hydrogen-bond acceptors (Lipinski definition) is 6. The molecule has 0 aliphatic carbocycles. The van der Waals surface area contributed by atoms with E-state index in [2.05, 4.69) is 5.32 Å². The summed E-state index contributed by atoms with van der Waals surface area (Å²) in [6.07, 6.45) is -2.88. The van der Waals surface area contributed by atoms with Crippen molar-refractivity contribution < 1.29 is 24.2 Å². The number of aliphatic hydroxyl groups excluding tert-OH is 1. The third kappa shape index (κ3) is 3.51. The van der Waals surface area contributed by atoms with Crippen molar-refractivity contribution in [3.05, 3.63) is 18.2 Å². The smallest absolute Gasteiger partial charge is 0.320 e. The van der Waals surface area contributed by atoms with Gasteiger partial charge in [0.2, 0.25) is 3.79 Å². The molecule has 1 heterocycles. The molecule has 1 aliphatic heterocycles. The first-order valence-corrected chi connectivity index (χ1v) is 7.18. The lowest BCUT2D eigenvalue weighted by atomic mass is 10.2. The Kier molecular flexibility index (Phi) is 5.26.